The Kier molecular flexibility index (Phi) is 5.11. The van der Waals surface area contributed by atoms with E-state index < -0.39 is 29.0 Å². The lowest BCUT2D eigenvalue weighted by Gasteiger charge is -2.37. The molecular weight excluding hydrogens is 291 g/mol. The Labute approximate surface area is 128 Å². The van der Waals surface area contributed by atoms with Gasteiger partial charge in [0.15, 0.2) is 5.54 Å². The van der Waals surface area contributed by atoms with Gasteiger partial charge in [0, 0.05) is 7.05 Å². The van der Waals surface area contributed by atoms with Crippen molar-refractivity contribution in [2.24, 2.45) is 0 Å². The van der Waals surface area contributed by atoms with Crippen molar-refractivity contribution in [3.05, 3.63) is 29.8 Å². The number of aromatic nitrogens is 1. The SMILES string of the molecule is CCC(C(=O)O)(c1ccc(F)cn1)N(C)C(=O)OC(C)(C)C. The third kappa shape index (κ3) is 3.52. The van der Waals surface area contributed by atoms with Crippen LogP contribution in [0.2, 0.25) is 0 Å². The monoisotopic (exact) mass is 312 g/mol. The number of amides is 1. The molecule has 0 aliphatic heterocycles. The van der Waals surface area contributed by atoms with Gasteiger partial charge in [-0.3, -0.25) is 9.88 Å². The second-order valence-electron chi connectivity index (χ2n) is 5.92. The van der Waals surface area contributed by atoms with E-state index in [1.165, 1.54) is 13.1 Å². The van der Waals surface area contributed by atoms with E-state index in [9.17, 15) is 19.1 Å². The van der Waals surface area contributed by atoms with E-state index in [1.54, 1.807) is 27.7 Å². The molecule has 7 heteroatoms. The average molecular weight is 312 g/mol. The third-order valence-electron chi connectivity index (χ3n) is 3.26. The molecule has 0 bridgehead atoms. The molecule has 1 unspecified atom stereocenters. The van der Waals surface area contributed by atoms with Crippen LogP contribution in [-0.2, 0) is 15.1 Å². The third-order valence-corrected chi connectivity index (χ3v) is 3.26. The van der Waals surface area contributed by atoms with Gasteiger partial charge in [0.1, 0.15) is 11.4 Å². The van der Waals surface area contributed by atoms with E-state index in [2.05, 4.69) is 4.98 Å². The van der Waals surface area contributed by atoms with Crippen LogP contribution < -0.4 is 0 Å². The number of carbonyl (C=O) groups is 2. The summed E-state index contributed by atoms with van der Waals surface area (Å²) in [6.07, 6.45) is 0.186. The van der Waals surface area contributed by atoms with Gasteiger partial charge in [-0.25, -0.2) is 14.0 Å². The maximum atomic E-state index is 13.0. The first kappa shape index (κ1) is 17.9. The molecule has 122 valence electrons. The summed E-state index contributed by atoms with van der Waals surface area (Å²) in [7, 11) is 1.33. The first-order valence-electron chi connectivity index (χ1n) is 6.87. The average Bonchev–Trinajstić information content (AvgIpc) is 2.39. The minimum atomic E-state index is -1.73. The Balaban J connectivity index is 3.30. The maximum Gasteiger partial charge on any atom is 0.411 e. The summed E-state index contributed by atoms with van der Waals surface area (Å²) < 4.78 is 18.3. The summed E-state index contributed by atoms with van der Waals surface area (Å²) in [5, 5.41) is 9.68. The largest absolute Gasteiger partial charge is 0.479 e. The zero-order valence-corrected chi connectivity index (χ0v) is 13.4. The second-order valence-corrected chi connectivity index (χ2v) is 5.92. The minimum Gasteiger partial charge on any atom is -0.479 e. The Morgan fingerprint density at radius 1 is 1.36 bits per heavy atom. The van der Waals surface area contributed by atoms with Gasteiger partial charge in [-0.05, 0) is 39.3 Å². The predicted octanol–water partition coefficient (Wildman–Crippen LogP) is 2.78. The molecule has 0 fully saturated rings. The van der Waals surface area contributed by atoms with Gasteiger partial charge in [0.05, 0.1) is 11.9 Å². The van der Waals surface area contributed by atoms with Crippen molar-refractivity contribution in [1.29, 1.82) is 0 Å². The fourth-order valence-corrected chi connectivity index (χ4v) is 2.10. The standard InChI is InChI=1S/C15H21FN2O4/c1-6-15(12(19)20,11-8-7-10(16)9-17-11)18(5)13(21)22-14(2,3)4/h7-9H,6H2,1-5H3,(H,19,20). The number of carbonyl (C=O) groups excluding carboxylic acids is 1. The van der Waals surface area contributed by atoms with E-state index in [1.807, 2.05) is 0 Å². The smallest absolute Gasteiger partial charge is 0.411 e. The number of rotatable bonds is 4. The van der Waals surface area contributed by atoms with Crippen molar-refractivity contribution in [1.82, 2.24) is 9.88 Å². The molecule has 0 radical (unpaired) electrons. The topological polar surface area (TPSA) is 79.7 Å². The van der Waals surface area contributed by atoms with Gasteiger partial charge in [-0.15, -0.1) is 0 Å². The van der Waals surface area contributed by atoms with Crippen LogP contribution in [0.5, 0.6) is 0 Å². The fraction of sp³-hybridized carbons (Fsp3) is 0.533. The van der Waals surface area contributed by atoms with Crippen LogP contribution in [-0.4, -0.2) is 39.7 Å². The maximum absolute atomic E-state index is 13.0. The van der Waals surface area contributed by atoms with Crippen molar-refractivity contribution in [2.45, 2.75) is 45.3 Å². The van der Waals surface area contributed by atoms with Crippen LogP contribution in [0.3, 0.4) is 0 Å². The number of nitrogens with zero attached hydrogens (tertiary/aromatic N) is 2. The first-order valence-corrected chi connectivity index (χ1v) is 6.87. The van der Waals surface area contributed by atoms with E-state index in [0.717, 1.165) is 17.2 Å². The number of hydrogen-bond donors (Lipinski definition) is 1. The van der Waals surface area contributed by atoms with Crippen molar-refractivity contribution >= 4 is 12.1 Å². The van der Waals surface area contributed by atoms with E-state index in [4.69, 9.17) is 4.74 Å². The van der Waals surface area contributed by atoms with Crippen LogP contribution >= 0.6 is 0 Å². The van der Waals surface area contributed by atoms with Crippen molar-refractivity contribution in [3.63, 3.8) is 0 Å². The lowest BCUT2D eigenvalue weighted by Crippen LogP contribution is -2.54. The van der Waals surface area contributed by atoms with Crippen LogP contribution in [0.25, 0.3) is 0 Å². The summed E-state index contributed by atoms with van der Waals surface area (Å²) in [6.45, 7) is 6.66. The lowest BCUT2D eigenvalue weighted by molar-refractivity contribution is -0.151. The Morgan fingerprint density at radius 3 is 2.32 bits per heavy atom. The quantitative estimate of drug-likeness (QED) is 0.924. The number of hydrogen-bond acceptors (Lipinski definition) is 4. The summed E-state index contributed by atoms with van der Waals surface area (Å²) in [6, 6.07) is 2.37. The molecule has 1 heterocycles. The predicted molar refractivity (Wildman–Crippen MR) is 77.8 cm³/mol. The molecule has 0 saturated heterocycles. The highest BCUT2D eigenvalue weighted by molar-refractivity contribution is 5.85. The number of carboxylic acid groups (broad SMARTS) is 1. The number of ether oxygens (including phenoxy) is 1. The fourth-order valence-electron chi connectivity index (χ4n) is 2.10. The molecule has 1 aromatic rings. The summed E-state index contributed by atoms with van der Waals surface area (Å²) in [5.74, 6) is -1.85. The Hall–Kier alpha value is -2.18. The molecule has 0 spiro atoms. The molecule has 1 rings (SSSR count). The van der Waals surface area contributed by atoms with Crippen LogP contribution in [0.15, 0.2) is 18.3 Å². The molecule has 6 nitrogen and oxygen atoms in total. The number of carboxylic acids is 1. The molecule has 0 aromatic carbocycles. The molecular formula is C15H21FN2O4. The summed E-state index contributed by atoms with van der Waals surface area (Å²) in [5.41, 5.74) is -2.42. The number of likely N-dealkylation sites (N-methyl/N-ethyl adjacent to an activating group) is 1. The van der Waals surface area contributed by atoms with E-state index in [-0.39, 0.29) is 12.1 Å². The van der Waals surface area contributed by atoms with Gasteiger partial charge in [0.2, 0.25) is 0 Å². The highest BCUT2D eigenvalue weighted by atomic mass is 19.1. The first-order chi connectivity index (χ1) is 10.0. The molecule has 1 aromatic heterocycles. The molecule has 1 amide bonds. The van der Waals surface area contributed by atoms with Gasteiger partial charge >= 0.3 is 12.1 Å². The molecule has 0 aliphatic rings. The molecule has 22 heavy (non-hydrogen) atoms. The zero-order chi connectivity index (χ0) is 17.1. The zero-order valence-electron chi connectivity index (χ0n) is 13.4. The second kappa shape index (κ2) is 6.29. The van der Waals surface area contributed by atoms with E-state index in [0.29, 0.717) is 0 Å². The Morgan fingerprint density at radius 2 is 1.95 bits per heavy atom. The van der Waals surface area contributed by atoms with Crippen molar-refractivity contribution in [3.8, 4) is 0 Å². The van der Waals surface area contributed by atoms with Crippen LogP contribution in [0, 0.1) is 5.82 Å². The van der Waals surface area contributed by atoms with Crippen molar-refractivity contribution in [2.75, 3.05) is 7.05 Å². The Bertz CT molecular complexity index is 554. The molecule has 0 saturated carbocycles. The summed E-state index contributed by atoms with van der Waals surface area (Å²) in [4.78, 5) is 28.9. The van der Waals surface area contributed by atoms with Crippen molar-refractivity contribution < 1.29 is 23.8 Å². The summed E-state index contributed by atoms with van der Waals surface area (Å²) >= 11 is 0. The number of aliphatic carboxylic acids is 1. The van der Waals surface area contributed by atoms with Gasteiger partial charge < -0.3 is 9.84 Å². The van der Waals surface area contributed by atoms with Gasteiger partial charge in [0.25, 0.3) is 0 Å². The molecule has 1 N–H and O–H groups in total. The van der Waals surface area contributed by atoms with Crippen LogP contribution in [0.1, 0.15) is 39.8 Å². The normalized spacial score (nSPS) is 14.1. The van der Waals surface area contributed by atoms with Gasteiger partial charge in [-0.1, -0.05) is 6.92 Å². The lowest BCUT2D eigenvalue weighted by atomic mass is 9.90. The highest BCUT2D eigenvalue weighted by Crippen LogP contribution is 2.31. The van der Waals surface area contributed by atoms with Gasteiger partial charge in [-0.2, -0.15) is 0 Å². The number of pyridine rings is 1. The van der Waals surface area contributed by atoms with E-state index >= 15 is 0 Å². The molecule has 0 aliphatic carbocycles. The highest BCUT2D eigenvalue weighted by Gasteiger charge is 2.47. The molecule has 1 atom stereocenters. The number of halogens is 1. The van der Waals surface area contributed by atoms with Crippen LogP contribution in [0.4, 0.5) is 9.18 Å². The minimum absolute atomic E-state index is 0.0523.